The second-order valence-electron chi connectivity index (χ2n) is 9.56. The summed E-state index contributed by atoms with van der Waals surface area (Å²) >= 11 is 0. The molecule has 0 aliphatic heterocycles. The van der Waals surface area contributed by atoms with Gasteiger partial charge < -0.3 is 19.5 Å². The van der Waals surface area contributed by atoms with E-state index in [-0.39, 0.29) is 17.3 Å². The number of benzene rings is 3. The molecular formula is C31H27FN4O6. The predicted molar refractivity (Wildman–Crippen MR) is 156 cm³/mol. The van der Waals surface area contributed by atoms with Gasteiger partial charge >= 0.3 is 5.69 Å². The highest BCUT2D eigenvalue weighted by molar-refractivity contribution is 6.03. The maximum atomic E-state index is 13.5. The van der Waals surface area contributed by atoms with E-state index in [4.69, 9.17) is 14.2 Å². The zero-order chi connectivity index (χ0) is 30.0. The molecule has 0 atom stereocenters. The minimum Gasteiger partial charge on any atom is -0.493 e. The van der Waals surface area contributed by atoms with Gasteiger partial charge in [0.1, 0.15) is 22.9 Å². The standard InChI is InChI=1S/C31H27FN4O6/c1-18(2)35-17-24(30(38)36(31(35)39)21-9-5-19(32)6-10-21)29(37)34-20-7-11-22(12-8-20)42-26-13-14-33-25-16-28(41-4)27(40-3)15-23(25)26/h5-18H,1-4H3,(H,34,37). The molecule has 0 bridgehead atoms. The van der Waals surface area contributed by atoms with Gasteiger partial charge in [0.2, 0.25) is 0 Å². The molecule has 0 unspecified atom stereocenters. The van der Waals surface area contributed by atoms with Crippen molar-refractivity contribution in [3.63, 3.8) is 0 Å². The Labute approximate surface area is 239 Å². The molecule has 0 saturated heterocycles. The first-order valence-corrected chi connectivity index (χ1v) is 12.9. The van der Waals surface area contributed by atoms with Gasteiger partial charge in [0.05, 0.1) is 25.4 Å². The number of halogens is 1. The summed E-state index contributed by atoms with van der Waals surface area (Å²) in [6.45, 7) is 3.50. The lowest BCUT2D eigenvalue weighted by Crippen LogP contribution is -2.42. The number of anilines is 1. The molecule has 42 heavy (non-hydrogen) atoms. The molecule has 0 aliphatic carbocycles. The van der Waals surface area contributed by atoms with Gasteiger partial charge in [-0.05, 0) is 74.5 Å². The third-order valence-corrected chi connectivity index (χ3v) is 6.55. The molecule has 214 valence electrons. The molecule has 0 radical (unpaired) electrons. The fourth-order valence-corrected chi connectivity index (χ4v) is 4.38. The van der Waals surface area contributed by atoms with Crippen molar-refractivity contribution < 1.29 is 23.4 Å². The van der Waals surface area contributed by atoms with Gasteiger partial charge in [0.15, 0.2) is 11.5 Å². The van der Waals surface area contributed by atoms with Gasteiger partial charge in [-0.1, -0.05) is 0 Å². The average molecular weight is 571 g/mol. The number of methoxy groups -OCH3 is 2. The second-order valence-corrected chi connectivity index (χ2v) is 9.56. The summed E-state index contributed by atoms with van der Waals surface area (Å²) in [6.07, 6.45) is 2.85. The van der Waals surface area contributed by atoms with Crippen molar-refractivity contribution in [3.05, 3.63) is 111 Å². The lowest BCUT2D eigenvalue weighted by Gasteiger charge is -2.16. The van der Waals surface area contributed by atoms with Gasteiger partial charge in [-0.25, -0.2) is 13.8 Å². The van der Waals surface area contributed by atoms with E-state index in [0.717, 1.165) is 16.7 Å². The summed E-state index contributed by atoms with van der Waals surface area (Å²) in [5, 5.41) is 3.41. The van der Waals surface area contributed by atoms with E-state index >= 15 is 0 Å². The van der Waals surface area contributed by atoms with Crippen LogP contribution in [-0.4, -0.2) is 34.2 Å². The topological polar surface area (TPSA) is 114 Å². The van der Waals surface area contributed by atoms with Crippen molar-refractivity contribution in [1.82, 2.24) is 14.1 Å². The summed E-state index contributed by atoms with van der Waals surface area (Å²) in [7, 11) is 3.09. The normalized spacial score (nSPS) is 11.0. The molecule has 1 amide bonds. The van der Waals surface area contributed by atoms with Crippen LogP contribution in [-0.2, 0) is 0 Å². The van der Waals surface area contributed by atoms with Crippen molar-refractivity contribution in [3.8, 4) is 28.7 Å². The molecule has 5 aromatic rings. The van der Waals surface area contributed by atoms with Crippen LogP contribution in [0, 0.1) is 5.82 Å². The van der Waals surface area contributed by atoms with Gasteiger partial charge in [-0.2, -0.15) is 0 Å². The molecule has 11 heteroatoms. The summed E-state index contributed by atoms with van der Waals surface area (Å²) < 4.78 is 32.5. The Morgan fingerprint density at radius 1 is 0.905 bits per heavy atom. The monoisotopic (exact) mass is 570 g/mol. The highest BCUT2D eigenvalue weighted by Gasteiger charge is 2.20. The number of nitrogens with zero attached hydrogens (tertiary/aromatic N) is 3. The van der Waals surface area contributed by atoms with Crippen molar-refractivity contribution in [2.24, 2.45) is 0 Å². The third kappa shape index (κ3) is 5.44. The highest BCUT2D eigenvalue weighted by Crippen LogP contribution is 2.37. The van der Waals surface area contributed by atoms with Crippen LogP contribution >= 0.6 is 0 Å². The van der Waals surface area contributed by atoms with Crippen molar-refractivity contribution in [2.45, 2.75) is 19.9 Å². The molecule has 3 aromatic carbocycles. The maximum absolute atomic E-state index is 13.5. The van der Waals surface area contributed by atoms with E-state index in [1.54, 1.807) is 76.7 Å². The number of hydrogen-bond donors (Lipinski definition) is 1. The van der Waals surface area contributed by atoms with Gasteiger partial charge in [-0.15, -0.1) is 0 Å². The lowest BCUT2D eigenvalue weighted by molar-refractivity contribution is 0.102. The molecule has 0 aliphatic rings. The lowest BCUT2D eigenvalue weighted by atomic mass is 10.2. The quantitative estimate of drug-likeness (QED) is 0.268. The van der Waals surface area contributed by atoms with E-state index < -0.39 is 23.0 Å². The van der Waals surface area contributed by atoms with E-state index in [9.17, 15) is 18.8 Å². The number of rotatable bonds is 8. The Kier molecular flexibility index (Phi) is 7.74. The first-order chi connectivity index (χ1) is 20.2. The van der Waals surface area contributed by atoms with Crippen LogP contribution in [0.2, 0.25) is 0 Å². The van der Waals surface area contributed by atoms with Crippen LogP contribution in [0.25, 0.3) is 16.6 Å². The number of nitrogens with one attached hydrogen (secondary N) is 1. The van der Waals surface area contributed by atoms with Gasteiger partial charge in [0.25, 0.3) is 11.5 Å². The van der Waals surface area contributed by atoms with Crippen LogP contribution in [0.15, 0.2) is 88.7 Å². The number of fused-ring (bicyclic) bond motifs is 1. The SMILES string of the molecule is COc1cc2nccc(Oc3ccc(NC(=O)c4cn(C(C)C)c(=O)n(-c5ccc(F)cc5)c4=O)cc3)c2cc1OC. The third-order valence-electron chi connectivity index (χ3n) is 6.55. The Morgan fingerprint density at radius 3 is 2.21 bits per heavy atom. The van der Waals surface area contributed by atoms with E-state index in [0.29, 0.717) is 39.6 Å². The smallest absolute Gasteiger partial charge is 0.335 e. The molecule has 1 N–H and O–H groups in total. The zero-order valence-corrected chi connectivity index (χ0v) is 23.3. The fraction of sp³-hybridized carbons (Fsp3) is 0.161. The first-order valence-electron chi connectivity index (χ1n) is 12.9. The number of amides is 1. The largest absolute Gasteiger partial charge is 0.493 e. The number of ether oxygens (including phenoxy) is 3. The highest BCUT2D eigenvalue weighted by atomic mass is 19.1. The molecule has 2 heterocycles. The van der Waals surface area contributed by atoms with Crippen molar-refractivity contribution >= 4 is 22.5 Å². The van der Waals surface area contributed by atoms with Gasteiger partial charge in [0, 0.05) is 35.6 Å². The van der Waals surface area contributed by atoms with E-state index in [1.165, 1.54) is 22.9 Å². The summed E-state index contributed by atoms with van der Waals surface area (Å²) in [5.41, 5.74) is -0.509. The molecule has 2 aromatic heterocycles. The zero-order valence-electron chi connectivity index (χ0n) is 23.3. The van der Waals surface area contributed by atoms with Crippen LogP contribution in [0.5, 0.6) is 23.0 Å². The molecule has 0 fully saturated rings. The fourth-order valence-electron chi connectivity index (χ4n) is 4.38. The molecule has 0 spiro atoms. The maximum Gasteiger partial charge on any atom is 0.335 e. The molecular weight excluding hydrogens is 543 g/mol. The van der Waals surface area contributed by atoms with E-state index in [2.05, 4.69) is 10.3 Å². The van der Waals surface area contributed by atoms with Crippen molar-refractivity contribution in [2.75, 3.05) is 19.5 Å². The van der Waals surface area contributed by atoms with Crippen LogP contribution < -0.4 is 30.8 Å². The number of pyridine rings is 1. The molecule has 10 nitrogen and oxygen atoms in total. The number of aromatic nitrogens is 3. The van der Waals surface area contributed by atoms with Crippen LogP contribution in [0.3, 0.4) is 0 Å². The minimum atomic E-state index is -0.822. The first kappa shape index (κ1) is 28.1. The number of hydrogen-bond acceptors (Lipinski definition) is 7. The Balaban J connectivity index is 1.42. The Bertz CT molecular complexity index is 1900. The molecule has 0 saturated carbocycles. The van der Waals surface area contributed by atoms with Gasteiger partial charge in [-0.3, -0.25) is 19.1 Å². The Morgan fingerprint density at radius 2 is 1.57 bits per heavy atom. The summed E-state index contributed by atoms with van der Waals surface area (Å²) in [5.74, 6) is 0.873. The van der Waals surface area contributed by atoms with Crippen LogP contribution in [0.4, 0.5) is 10.1 Å². The van der Waals surface area contributed by atoms with Crippen molar-refractivity contribution in [1.29, 1.82) is 0 Å². The number of carbonyl (C=O) groups excluding carboxylic acids is 1. The van der Waals surface area contributed by atoms with E-state index in [1.807, 2.05) is 0 Å². The number of carbonyl (C=O) groups is 1. The average Bonchev–Trinajstić information content (AvgIpc) is 2.98. The second kappa shape index (κ2) is 11.6. The summed E-state index contributed by atoms with van der Waals surface area (Å²) in [4.78, 5) is 43.9. The van der Waals surface area contributed by atoms with Crippen LogP contribution in [0.1, 0.15) is 30.2 Å². The minimum absolute atomic E-state index is 0.150. The summed E-state index contributed by atoms with van der Waals surface area (Å²) in [6, 6.07) is 16.4. The predicted octanol–water partition coefficient (Wildman–Crippen LogP) is 5.33. The molecule has 5 rings (SSSR count). The Hall–Kier alpha value is -5.45.